The zero-order valence-corrected chi connectivity index (χ0v) is 12.4. The molecule has 0 radical (unpaired) electrons. The Kier molecular flexibility index (Phi) is 4.16. The lowest BCUT2D eigenvalue weighted by Crippen LogP contribution is -2.57. The summed E-state index contributed by atoms with van der Waals surface area (Å²) >= 11 is 0. The van der Waals surface area contributed by atoms with E-state index >= 15 is 0 Å². The lowest BCUT2D eigenvalue weighted by atomic mass is 9.92. The molecule has 1 aliphatic carbocycles. The van der Waals surface area contributed by atoms with Gasteiger partial charge in [0.15, 0.2) is 0 Å². The SMILES string of the molecule is CCC(C)C(C)N1CCC(=O)NC2(CCCC2)C1=O. The van der Waals surface area contributed by atoms with Crippen LogP contribution in [0, 0.1) is 5.92 Å². The minimum atomic E-state index is -0.588. The minimum absolute atomic E-state index is 0.0362. The Labute approximate surface area is 115 Å². The van der Waals surface area contributed by atoms with Crippen molar-refractivity contribution in [3.05, 3.63) is 0 Å². The van der Waals surface area contributed by atoms with Gasteiger partial charge in [0.1, 0.15) is 5.54 Å². The van der Waals surface area contributed by atoms with Crippen molar-refractivity contribution in [1.82, 2.24) is 10.2 Å². The molecule has 2 unspecified atom stereocenters. The monoisotopic (exact) mass is 266 g/mol. The smallest absolute Gasteiger partial charge is 0.248 e. The van der Waals surface area contributed by atoms with E-state index in [0.29, 0.717) is 18.9 Å². The fourth-order valence-electron chi connectivity index (χ4n) is 3.34. The summed E-state index contributed by atoms with van der Waals surface area (Å²) in [7, 11) is 0. The number of hydrogen-bond donors (Lipinski definition) is 1. The Morgan fingerprint density at radius 3 is 2.47 bits per heavy atom. The van der Waals surface area contributed by atoms with E-state index in [1.165, 1.54) is 0 Å². The number of rotatable bonds is 3. The van der Waals surface area contributed by atoms with Crippen LogP contribution in [0.5, 0.6) is 0 Å². The maximum Gasteiger partial charge on any atom is 0.248 e. The van der Waals surface area contributed by atoms with Gasteiger partial charge in [0.2, 0.25) is 11.8 Å². The van der Waals surface area contributed by atoms with Crippen molar-refractivity contribution in [2.75, 3.05) is 6.54 Å². The van der Waals surface area contributed by atoms with Gasteiger partial charge in [0.25, 0.3) is 0 Å². The molecule has 1 saturated heterocycles. The van der Waals surface area contributed by atoms with Crippen LogP contribution >= 0.6 is 0 Å². The van der Waals surface area contributed by atoms with E-state index in [1.54, 1.807) is 0 Å². The minimum Gasteiger partial charge on any atom is -0.342 e. The van der Waals surface area contributed by atoms with Gasteiger partial charge >= 0.3 is 0 Å². The maximum atomic E-state index is 12.9. The number of nitrogens with zero attached hydrogens (tertiary/aromatic N) is 1. The average Bonchev–Trinajstić information content (AvgIpc) is 2.82. The second-order valence-corrected chi connectivity index (χ2v) is 6.21. The zero-order chi connectivity index (χ0) is 14.0. The lowest BCUT2D eigenvalue weighted by molar-refractivity contribution is -0.141. The van der Waals surface area contributed by atoms with Crippen LogP contribution in [0.3, 0.4) is 0 Å². The number of amides is 2. The van der Waals surface area contributed by atoms with Gasteiger partial charge in [-0.1, -0.05) is 33.1 Å². The molecule has 4 nitrogen and oxygen atoms in total. The van der Waals surface area contributed by atoms with Gasteiger partial charge in [-0.25, -0.2) is 0 Å². The molecule has 1 N–H and O–H groups in total. The van der Waals surface area contributed by atoms with Crippen molar-refractivity contribution in [2.45, 2.75) is 70.9 Å². The maximum absolute atomic E-state index is 12.9. The molecule has 0 aromatic heterocycles. The van der Waals surface area contributed by atoms with E-state index < -0.39 is 5.54 Å². The van der Waals surface area contributed by atoms with Gasteiger partial charge in [0.05, 0.1) is 0 Å². The van der Waals surface area contributed by atoms with Crippen LogP contribution in [0.1, 0.15) is 59.3 Å². The first kappa shape index (κ1) is 14.4. The molecule has 2 aliphatic rings. The average molecular weight is 266 g/mol. The quantitative estimate of drug-likeness (QED) is 0.850. The van der Waals surface area contributed by atoms with Crippen LogP contribution in [-0.4, -0.2) is 34.8 Å². The molecular weight excluding hydrogens is 240 g/mol. The Balaban J connectivity index is 2.24. The molecule has 1 heterocycles. The molecule has 2 atom stereocenters. The first-order valence-corrected chi connectivity index (χ1v) is 7.62. The van der Waals surface area contributed by atoms with Crippen LogP contribution in [0.4, 0.5) is 0 Å². The Hall–Kier alpha value is -1.06. The highest BCUT2D eigenvalue weighted by Crippen LogP contribution is 2.34. The van der Waals surface area contributed by atoms with Gasteiger partial charge in [-0.2, -0.15) is 0 Å². The summed E-state index contributed by atoms with van der Waals surface area (Å²) in [4.78, 5) is 26.8. The normalized spacial score (nSPS) is 26.2. The number of nitrogens with one attached hydrogen (secondary N) is 1. The lowest BCUT2D eigenvalue weighted by Gasteiger charge is -2.37. The molecule has 0 bridgehead atoms. The first-order chi connectivity index (χ1) is 9.00. The summed E-state index contributed by atoms with van der Waals surface area (Å²) in [6, 6.07) is 0.211. The summed E-state index contributed by atoms with van der Waals surface area (Å²) in [5.41, 5.74) is -0.588. The van der Waals surface area contributed by atoms with Gasteiger partial charge in [-0.15, -0.1) is 0 Å². The molecule has 2 amide bonds. The van der Waals surface area contributed by atoms with Gasteiger partial charge in [-0.05, 0) is 25.7 Å². The molecule has 2 rings (SSSR count). The summed E-state index contributed by atoms with van der Waals surface area (Å²) in [5, 5.41) is 3.02. The molecule has 1 aliphatic heterocycles. The van der Waals surface area contributed by atoms with Crippen LogP contribution in [0.25, 0.3) is 0 Å². The largest absolute Gasteiger partial charge is 0.342 e. The summed E-state index contributed by atoms with van der Waals surface area (Å²) in [6.07, 6.45) is 5.19. The Morgan fingerprint density at radius 1 is 1.26 bits per heavy atom. The molecule has 0 aromatic carbocycles. The Bertz CT molecular complexity index is 361. The number of carbonyl (C=O) groups excluding carboxylic acids is 2. The topological polar surface area (TPSA) is 49.4 Å². The summed E-state index contributed by atoms with van der Waals surface area (Å²) in [5.74, 6) is 0.661. The van der Waals surface area contributed by atoms with Gasteiger partial charge in [0, 0.05) is 19.0 Å². The van der Waals surface area contributed by atoms with E-state index in [0.717, 1.165) is 32.1 Å². The molecule has 19 heavy (non-hydrogen) atoms. The molecule has 0 aromatic rings. The fourth-order valence-corrected chi connectivity index (χ4v) is 3.34. The zero-order valence-electron chi connectivity index (χ0n) is 12.4. The highest BCUT2D eigenvalue weighted by atomic mass is 16.2. The standard InChI is InChI=1S/C15H26N2O2/c1-4-11(2)12(3)17-10-7-13(18)16-15(14(17)19)8-5-6-9-15/h11-12H,4-10H2,1-3H3,(H,16,18). The highest BCUT2D eigenvalue weighted by molar-refractivity contribution is 5.94. The third kappa shape index (κ3) is 2.63. The molecule has 2 fully saturated rings. The van der Waals surface area contributed by atoms with E-state index in [4.69, 9.17) is 0 Å². The second kappa shape index (κ2) is 5.51. The van der Waals surface area contributed by atoms with Crippen molar-refractivity contribution in [3.8, 4) is 0 Å². The second-order valence-electron chi connectivity index (χ2n) is 6.21. The van der Waals surface area contributed by atoms with Crippen LogP contribution in [-0.2, 0) is 9.59 Å². The van der Waals surface area contributed by atoms with Crippen molar-refractivity contribution in [3.63, 3.8) is 0 Å². The van der Waals surface area contributed by atoms with Crippen LogP contribution < -0.4 is 5.32 Å². The summed E-state index contributed by atoms with van der Waals surface area (Å²) in [6.45, 7) is 7.01. The fraction of sp³-hybridized carbons (Fsp3) is 0.867. The van der Waals surface area contributed by atoms with Gasteiger partial charge in [-0.3, -0.25) is 9.59 Å². The number of carbonyl (C=O) groups is 2. The third-order valence-electron chi connectivity index (χ3n) is 5.04. The van der Waals surface area contributed by atoms with Crippen molar-refractivity contribution < 1.29 is 9.59 Å². The third-order valence-corrected chi connectivity index (χ3v) is 5.04. The number of hydrogen-bond acceptors (Lipinski definition) is 2. The highest BCUT2D eigenvalue weighted by Gasteiger charge is 2.47. The van der Waals surface area contributed by atoms with E-state index in [2.05, 4.69) is 26.1 Å². The van der Waals surface area contributed by atoms with Crippen molar-refractivity contribution in [2.24, 2.45) is 5.92 Å². The molecule has 1 saturated carbocycles. The summed E-state index contributed by atoms with van der Waals surface area (Å²) < 4.78 is 0. The van der Waals surface area contributed by atoms with Crippen LogP contribution in [0.2, 0.25) is 0 Å². The molecule has 4 heteroatoms. The predicted octanol–water partition coefficient (Wildman–Crippen LogP) is 2.08. The van der Waals surface area contributed by atoms with Crippen molar-refractivity contribution in [1.29, 1.82) is 0 Å². The molecular formula is C15H26N2O2. The first-order valence-electron chi connectivity index (χ1n) is 7.62. The Morgan fingerprint density at radius 2 is 1.89 bits per heavy atom. The molecule has 108 valence electrons. The van der Waals surface area contributed by atoms with Crippen molar-refractivity contribution >= 4 is 11.8 Å². The van der Waals surface area contributed by atoms with E-state index in [9.17, 15) is 9.59 Å². The van der Waals surface area contributed by atoms with Crippen LogP contribution in [0.15, 0.2) is 0 Å². The molecule has 1 spiro atoms. The predicted molar refractivity (Wildman–Crippen MR) is 74.6 cm³/mol. The van der Waals surface area contributed by atoms with Gasteiger partial charge < -0.3 is 10.2 Å². The van der Waals surface area contributed by atoms with E-state index in [-0.39, 0.29) is 17.9 Å². The van der Waals surface area contributed by atoms with E-state index in [1.807, 2.05) is 4.90 Å².